The van der Waals surface area contributed by atoms with E-state index in [4.69, 9.17) is 5.11 Å². The van der Waals surface area contributed by atoms with Crippen LogP contribution in [0.3, 0.4) is 0 Å². The van der Waals surface area contributed by atoms with E-state index >= 15 is 0 Å². The topological polar surface area (TPSA) is 35.5 Å². The largest absolute Gasteiger partial charge is 0.396 e. The van der Waals surface area contributed by atoms with Gasteiger partial charge in [-0.1, -0.05) is 12.1 Å². The third-order valence-corrected chi connectivity index (χ3v) is 2.78. The van der Waals surface area contributed by atoms with Crippen LogP contribution in [0.5, 0.6) is 0 Å². The zero-order chi connectivity index (χ0) is 12.7. The number of nitrogens with one attached hydrogen (secondary N) is 1. The number of aliphatic hydroxyl groups excluding tert-OH is 1. The highest BCUT2D eigenvalue weighted by molar-refractivity contribution is 5.15. The molecule has 1 atom stereocenters. The van der Waals surface area contributed by atoms with Gasteiger partial charge in [-0.3, -0.25) is 0 Å². The molecule has 4 heteroatoms. The molecular weight excluding hydrogens is 219 g/mol. The highest BCUT2D eigenvalue weighted by atomic mass is 19.1. The van der Waals surface area contributed by atoms with Gasteiger partial charge in [0.1, 0.15) is 5.82 Å². The smallest absolute Gasteiger partial charge is 0.123 e. The second-order valence-electron chi connectivity index (χ2n) is 4.32. The van der Waals surface area contributed by atoms with Crippen molar-refractivity contribution >= 4 is 0 Å². The monoisotopic (exact) mass is 240 g/mol. The average Bonchev–Trinajstić information content (AvgIpc) is 2.31. The van der Waals surface area contributed by atoms with Gasteiger partial charge in [0.25, 0.3) is 0 Å². The maximum atomic E-state index is 12.7. The lowest BCUT2D eigenvalue weighted by molar-refractivity contribution is 0.230. The van der Waals surface area contributed by atoms with Crippen LogP contribution in [0.4, 0.5) is 4.39 Å². The summed E-state index contributed by atoms with van der Waals surface area (Å²) in [5.74, 6) is -0.204. The fraction of sp³-hybridized carbons (Fsp3) is 0.538. The molecule has 3 nitrogen and oxygen atoms in total. The van der Waals surface area contributed by atoms with E-state index in [1.807, 2.05) is 14.1 Å². The highest BCUT2D eigenvalue weighted by Crippen LogP contribution is 2.06. The summed E-state index contributed by atoms with van der Waals surface area (Å²) in [4.78, 5) is 2.16. The molecular formula is C13H21FN2O. The highest BCUT2D eigenvalue weighted by Gasteiger charge is 2.09. The van der Waals surface area contributed by atoms with Crippen molar-refractivity contribution in [3.8, 4) is 0 Å². The number of rotatable bonds is 7. The lowest BCUT2D eigenvalue weighted by Gasteiger charge is -2.23. The summed E-state index contributed by atoms with van der Waals surface area (Å²) < 4.78 is 12.7. The first kappa shape index (κ1) is 14.1. The molecule has 0 radical (unpaired) electrons. The SMILES string of the molecule is CNC(CCO)CN(C)Cc1ccc(F)cc1. The molecule has 0 aliphatic heterocycles. The summed E-state index contributed by atoms with van der Waals surface area (Å²) in [7, 11) is 3.91. The maximum absolute atomic E-state index is 12.7. The Morgan fingerprint density at radius 1 is 1.35 bits per heavy atom. The van der Waals surface area contributed by atoms with E-state index in [0.717, 1.165) is 25.1 Å². The van der Waals surface area contributed by atoms with Crippen molar-refractivity contribution in [3.05, 3.63) is 35.6 Å². The first-order valence-corrected chi connectivity index (χ1v) is 5.86. The Morgan fingerprint density at radius 2 is 2.00 bits per heavy atom. The van der Waals surface area contributed by atoms with Crippen molar-refractivity contribution in [2.24, 2.45) is 0 Å². The lowest BCUT2D eigenvalue weighted by Crippen LogP contribution is -2.38. The Morgan fingerprint density at radius 3 is 2.53 bits per heavy atom. The van der Waals surface area contributed by atoms with Crippen molar-refractivity contribution in [3.63, 3.8) is 0 Å². The predicted octanol–water partition coefficient (Wildman–Crippen LogP) is 1.23. The molecule has 1 unspecified atom stereocenters. The maximum Gasteiger partial charge on any atom is 0.123 e. The minimum Gasteiger partial charge on any atom is -0.396 e. The number of likely N-dealkylation sites (N-methyl/N-ethyl adjacent to an activating group) is 2. The fourth-order valence-electron chi connectivity index (χ4n) is 1.83. The molecule has 96 valence electrons. The summed E-state index contributed by atoms with van der Waals surface area (Å²) in [6.07, 6.45) is 0.740. The van der Waals surface area contributed by atoms with Gasteiger partial charge in [-0.2, -0.15) is 0 Å². The van der Waals surface area contributed by atoms with Crippen molar-refractivity contribution in [2.75, 3.05) is 27.2 Å². The lowest BCUT2D eigenvalue weighted by atomic mass is 10.1. The van der Waals surface area contributed by atoms with E-state index < -0.39 is 0 Å². The van der Waals surface area contributed by atoms with Crippen LogP contribution in [0.25, 0.3) is 0 Å². The Balaban J connectivity index is 2.42. The van der Waals surface area contributed by atoms with Gasteiger partial charge in [0.2, 0.25) is 0 Å². The summed E-state index contributed by atoms with van der Waals surface area (Å²) >= 11 is 0. The number of nitrogens with zero attached hydrogens (tertiary/aromatic N) is 1. The van der Waals surface area contributed by atoms with Gasteiger partial charge < -0.3 is 15.3 Å². The van der Waals surface area contributed by atoms with E-state index in [-0.39, 0.29) is 18.5 Å². The van der Waals surface area contributed by atoms with Gasteiger partial charge in [-0.25, -0.2) is 4.39 Å². The van der Waals surface area contributed by atoms with Crippen LogP contribution in [0, 0.1) is 5.82 Å². The molecule has 0 saturated heterocycles. The van der Waals surface area contributed by atoms with E-state index in [9.17, 15) is 4.39 Å². The quantitative estimate of drug-likeness (QED) is 0.752. The zero-order valence-corrected chi connectivity index (χ0v) is 10.5. The summed E-state index contributed by atoms with van der Waals surface area (Å²) in [5, 5.41) is 12.1. The number of hydrogen-bond acceptors (Lipinski definition) is 3. The molecule has 1 rings (SSSR count). The minimum atomic E-state index is -0.204. The van der Waals surface area contributed by atoms with Crippen molar-refractivity contribution in [1.29, 1.82) is 0 Å². The number of halogens is 1. The molecule has 0 fully saturated rings. The molecule has 0 amide bonds. The van der Waals surface area contributed by atoms with Crippen LogP contribution in [0.2, 0.25) is 0 Å². The minimum absolute atomic E-state index is 0.190. The van der Waals surface area contributed by atoms with Crippen molar-refractivity contribution in [2.45, 2.75) is 19.0 Å². The molecule has 0 aliphatic carbocycles. The van der Waals surface area contributed by atoms with Gasteiger partial charge in [-0.05, 0) is 38.2 Å². The zero-order valence-electron chi connectivity index (χ0n) is 10.5. The normalized spacial score (nSPS) is 13.0. The molecule has 1 aromatic carbocycles. The van der Waals surface area contributed by atoms with Gasteiger partial charge in [0.05, 0.1) is 0 Å². The van der Waals surface area contributed by atoms with Crippen molar-refractivity contribution in [1.82, 2.24) is 10.2 Å². The fourth-order valence-corrected chi connectivity index (χ4v) is 1.83. The first-order chi connectivity index (χ1) is 8.15. The van der Waals surface area contributed by atoms with Crippen LogP contribution in [0.1, 0.15) is 12.0 Å². The molecule has 0 aromatic heterocycles. The third kappa shape index (κ3) is 5.26. The second kappa shape index (κ2) is 7.37. The molecule has 2 N–H and O–H groups in total. The van der Waals surface area contributed by atoms with E-state index in [0.29, 0.717) is 0 Å². The predicted molar refractivity (Wildman–Crippen MR) is 67.3 cm³/mol. The average molecular weight is 240 g/mol. The van der Waals surface area contributed by atoms with E-state index in [1.165, 1.54) is 12.1 Å². The Hall–Kier alpha value is -0.970. The van der Waals surface area contributed by atoms with Crippen LogP contribution in [0.15, 0.2) is 24.3 Å². The summed E-state index contributed by atoms with van der Waals surface area (Å²) in [6, 6.07) is 6.84. The van der Waals surface area contributed by atoms with Crippen molar-refractivity contribution < 1.29 is 9.50 Å². The number of hydrogen-bond donors (Lipinski definition) is 2. The molecule has 1 aromatic rings. The first-order valence-electron chi connectivity index (χ1n) is 5.86. The van der Waals surface area contributed by atoms with Crippen LogP contribution in [-0.2, 0) is 6.54 Å². The van der Waals surface area contributed by atoms with Gasteiger partial charge >= 0.3 is 0 Å². The Bertz CT molecular complexity index is 316. The number of benzene rings is 1. The molecule has 17 heavy (non-hydrogen) atoms. The molecule has 0 aliphatic rings. The Kier molecular flexibility index (Phi) is 6.11. The Labute approximate surface area is 102 Å². The van der Waals surface area contributed by atoms with Crippen LogP contribution >= 0.6 is 0 Å². The standard InChI is InChI=1S/C13H21FN2O/c1-15-13(7-8-17)10-16(2)9-11-3-5-12(14)6-4-11/h3-6,13,15,17H,7-10H2,1-2H3. The second-order valence-corrected chi connectivity index (χ2v) is 4.32. The van der Waals surface area contributed by atoms with Crippen LogP contribution in [-0.4, -0.2) is 43.3 Å². The van der Waals surface area contributed by atoms with E-state index in [2.05, 4.69) is 10.2 Å². The summed E-state index contributed by atoms with van der Waals surface area (Å²) in [5.41, 5.74) is 1.09. The molecule has 0 spiro atoms. The van der Waals surface area contributed by atoms with Gasteiger partial charge in [0, 0.05) is 25.7 Å². The molecule has 0 bridgehead atoms. The van der Waals surface area contributed by atoms with Crippen LogP contribution < -0.4 is 5.32 Å². The summed E-state index contributed by atoms with van der Waals surface area (Å²) in [6.45, 7) is 1.83. The molecule has 0 heterocycles. The van der Waals surface area contributed by atoms with Gasteiger partial charge in [-0.15, -0.1) is 0 Å². The van der Waals surface area contributed by atoms with E-state index in [1.54, 1.807) is 12.1 Å². The third-order valence-electron chi connectivity index (χ3n) is 2.78. The molecule has 0 saturated carbocycles. The van der Waals surface area contributed by atoms with Gasteiger partial charge in [0.15, 0.2) is 0 Å². The number of aliphatic hydroxyl groups is 1.